The van der Waals surface area contributed by atoms with Crippen LogP contribution in [0.4, 0.5) is 0 Å². The number of nitrogens with one attached hydrogen (secondary N) is 2. The van der Waals surface area contributed by atoms with E-state index in [9.17, 15) is 9.59 Å². The van der Waals surface area contributed by atoms with Gasteiger partial charge < -0.3 is 10.6 Å². The van der Waals surface area contributed by atoms with Gasteiger partial charge in [0.25, 0.3) is 5.91 Å². The number of hydrogen-bond acceptors (Lipinski definition) is 2. The maximum absolute atomic E-state index is 12.8. The quantitative estimate of drug-likeness (QED) is 0.724. The largest absolute Gasteiger partial charge is 0.353 e. The van der Waals surface area contributed by atoms with Gasteiger partial charge >= 0.3 is 0 Å². The van der Waals surface area contributed by atoms with E-state index in [2.05, 4.69) is 34.9 Å². The van der Waals surface area contributed by atoms with E-state index in [1.807, 2.05) is 54.6 Å². The Bertz CT molecular complexity index is 931. The lowest BCUT2D eigenvalue weighted by atomic mass is 9.91. The van der Waals surface area contributed by atoms with Crippen LogP contribution in [-0.4, -0.2) is 24.4 Å². The highest BCUT2D eigenvalue weighted by Crippen LogP contribution is 2.24. The SMILES string of the molecule is O=C1N[C@H](C(=O)NCC(c2ccccc2)c2ccccc2)Cc2ccccc21. The van der Waals surface area contributed by atoms with Gasteiger partial charge in [0.2, 0.25) is 5.91 Å². The van der Waals surface area contributed by atoms with Crippen LogP contribution in [0.25, 0.3) is 0 Å². The van der Waals surface area contributed by atoms with Crippen molar-refractivity contribution in [3.8, 4) is 0 Å². The molecule has 2 amide bonds. The van der Waals surface area contributed by atoms with Gasteiger partial charge in [-0.3, -0.25) is 9.59 Å². The minimum Gasteiger partial charge on any atom is -0.353 e. The molecule has 0 unspecified atom stereocenters. The van der Waals surface area contributed by atoms with Gasteiger partial charge in [-0.25, -0.2) is 0 Å². The number of carbonyl (C=O) groups excluding carboxylic acids is 2. The number of benzene rings is 3. The molecule has 0 aliphatic carbocycles. The molecule has 0 saturated carbocycles. The van der Waals surface area contributed by atoms with Crippen molar-refractivity contribution >= 4 is 11.8 Å². The summed E-state index contributed by atoms with van der Waals surface area (Å²) in [5, 5.41) is 5.87. The molecule has 28 heavy (non-hydrogen) atoms. The molecule has 3 aromatic carbocycles. The monoisotopic (exact) mass is 370 g/mol. The maximum atomic E-state index is 12.8. The van der Waals surface area contributed by atoms with Crippen molar-refractivity contribution in [1.29, 1.82) is 0 Å². The third-order valence-electron chi connectivity index (χ3n) is 5.19. The lowest BCUT2D eigenvalue weighted by Gasteiger charge is -2.26. The summed E-state index contributed by atoms with van der Waals surface area (Å²) in [6.45, 7) is 0.473. The van der Waals surface area contributed by atoms with Gasteiger partial charge in [0.05, 0.1) is 0 Å². The van der Waals surface area contributed by atoms with E-state index in [4.69, 9.17) is 0 Å². The molecular formula is C24H22N2O2. The summed E-state index contributed by atoms with van der Waals surface area (Å²) in [4.78, 5) is 25.1. The predicted molar refractivity (Wildman–Crippen MR) is 109 cm³/mol. The highest BCUT2D eigenvalue weighted by molar-refractivity contribution is 6.00. The Hall–Kier alpha value is -3.40. The second-order valence-corrected chi connectivity index (χ2v) is 7.01. The van der Waals surface area contributed by atoms with Gasteiger partial charge in [-0.15, -0.1) is 0 Å². The van der Waals surface area contributed by atoms with Gasteiger partial charge in [0, 0.05) is 24.4 Å². The van der Waals surface area contributed by atoms with Gasteiger partial charge in [-0.1, -0.05) is 78.9 Å². The summed E-state index contributed by atoms with van der Waals surface area (Å²) in [6.07, 6.45) is 0.509. The normalized spacial score (nSPS) is 15.6. The van der Waals surface area contributed by atoms with Crippen LogP contribution in [0.1, 0.15) is 33.0 Å². The van der Waals surface area contributed by atoms with Crippen LogP contribution in [0.2, 0.25) is 0 Å². The van der Waals surface area contributed by atoms with Crippen molar-refractivity contribution in [2.75, 3.05) is 6.54 Å². The number of fused-ring (bicyclic) bond motifs is 1. The highest BCUT2D eigenvalue weighted by atomic mass is 16.2. The van der Waals surface area contributed by atoms with E-state index in [1.165, 1.54) is 0 Å². The first kappa shape index (κ1) is 18.0. The minimum atomic E-state index is -0.547. The molecule has 4 nitrogen and oxygen atoms in total. The Morgan fingerprint density at radius 1 is 0.893 bits per heavy atom. The van der Waals surface area contributed by atoms with E-state index in [1.54, 1.807) is 6.07 Å². The molecule has 4 rings (SSSR count). The van der Waals surface area contributed by atoms with Crippen molar-refractivity contribution in [2.24, 2.45) is 0 Å². The molecule has 4 heteroatoms. The van der Waals surface area contributed by atoms with Crippen LogP contribution in [0.5, 0.6) is 0 Å². The van der Waals surface area contributed by atoms with Crippen molar-refractivity contribution in [2.45, 2.75) is 18.4 Å². The fourth-order valence-corrected chi connectivity index (χ4v) is 3.71. The molecule has 0 spiro atoms. The summed E-state index contributed by atoms with van der Waals surface area (Å²) in [5.41, 5.74) is 3.85. The van der Waals surface area contributed by atoms with E-state index in [0.717, 1.165) is 16.7 Å². The van der Waals surface area contributed by atoms with Crippen LogP contribution in [0.15, 0.2) is 84.9 Å². The maximum Gasteiger partial charge on any atom is 0.252 e. The van der Waals surface area contributed by atoms with Gasteiger partial charge in [0.1, 0.15) is 6.04 Å². The summed E-state index contributed by atoms with van der Waals surface area (Å²) in [6, 6.07) is 27.2. The Labute approximate surface area is 164 Å². The number of rotatable bonds is 5. The number of amides is 2. The average molecular weight is 370 g/mol. The third-order valence-corrected chi connectivity index (χ3v) is 5.19. The first-order valence-corrected chi connectivity index (χ1v) is 9.49. The van der Waals surface area contributed by atoms with Crippen molar-refractivity contribution in [3.05, 3.63) is 107 Å². The lowest BCUT2D eigenvalue weighted by molar-refractivity contribution is -0.123. The molecule has 0 saturated heterocycles. The summed E-state index contributed by atoms with van der Waals surface area (Å²) < 4.78 is 0. The predicted octanol–water partition coefficient (Wildman–Crippen LogP) is 3.29. The summed E-state index contributed by atoms with van der Waals surface area (Å²) >= 11 is 0. The van der Waals surface area contributed by atoms with Crippen molar-refractivity contribution in [3.63, 3.8) is 0 Å². The molecule has 0 bridgehead atoms. The second-order valence-electron chi connectivity index (χ2n) is 7.01. The van der Waals surface area contributed by atoms with Crippen molar-refractivity contribution < 1.29 is 9.59 Å². The third kappa shape index (κ3) is 3.81. The molecule has 0 aromatic heterocycles. The molecule has 1 aliphatic rings. The Kier molecular flexibility index (Phi) is 5.20. The zero-order chi connectivity index (χ0) is 19.3. The smallest absolute Gasteiger partial charge is 0.252 e. The van der Waals surface area contributed by atoms with Crippen molar-refractivity contribution in [1.82, 2.24) is 10.6 Å². The fourth-order valence-electron chi connectivity index (χ4n) is 3.71. The van der Waals surface area contributed by atoms with E-state index in [-0.39, 0.29) is 17.7 Å². The molecule has 2 N–H and O–H groups in total. The zero-order valence-corrected chi connectivity index (χ0v) is 15.5. The Morgan fingerprint density at radius 2 is 1.46 bits per heavy atom. The minimum absolute atomic E-state index is 0.0536. The van der Waals surface area contributed by atoms with Gasteiger partial charge in [-0.2, -0.15) is 0 Å². The van der Waals surface area contributed by atoms with Crippen LogP contribution >= 0.6 is 0 Å². The molecule has 3 aromatic rings. The molecular weight excluding hydrogens is 348 g/mol. The van der Waals surface area contributed by atoms with E-state index in [0.29, 0.717) is 18.5 Å². The first-order valence-electron chi connectivity index (χ1n) is 9.49. The second kappa shape index (κ2) is 8.09. The summed E-state index contributed by atoms with van der Waals surface area (Å²) in [7, 11) is 0. The van der Waals surface area contributed by atoms with E-state index < -0.39 is 6.04 Å². The van der Waals surface area contributed by atoms with Gasteiger partial charge in [0.15, 0.2) is 0 Å². The topological polar surface area (TPSA) is 58.2 Å². The van der Waals surface area contributed by atoms with Crippen LogP contribution in [0.3, 0.4) is 0 Å². The zero-order valence-electron chi connectivity index (χ0n) is 15.5. The lowest BCUT2D eigenvalue weighted by Crippen LogP contribution is -2.51. The van der Waals surface area contributed by atoms with Crippen LogP contribution in [0, 0.1) is 0 Å². The Balaban J connectivity index is 1.49. The highest BCUT2D eigenvalue weighted by Gasteiger charge is 2.29. The van der Waals surface area contributed by atoms with E-state index >= 15 is 0 Å². The molecule has 0 fully saturated rings. The molecule has 140 valence electrons. The van der Waals surface area contributed by atoms with Crippen LogP contribution < -0.4 is 10.6 Å². The molecule has 1 aliphatic heterocycles. The average Bonchev–Trinajstić information content (AvgIpc) is 2.75. The molecule has 1 heterocycles. The standard InChI is InChI=1S/C24H22N2O2/c27-23-20-14-8-7-13-19(20)15-22(26-23)24(28)25-16-21(17-9-3-1-4-10-17)18-11-5-2-6-12-18/h1-14,21-22H,15-16H2,(H,25,28)(H,26,27)/t22-/m0/s1. The number of hydrogen-bond donors (Lipinski definition) is 2. The summed E-state index contributed by atoms with van der Waals surface area (Å²) in [5.74, 6) is -0.290. The molecule has 0 radical (unpaired) electrons. The van der Waals surface area contributed by atoms with Crippen LogP contribution in [-0.2, 0) is 11.2 Å². The first-order chi connectivity index (χ1) is 13.7. The fraction of sp³-hybridized carbons (Fsp3) is 0.167. The molecule has 1 atom stereocenters. The number of carbonyl (C=O) groups is 2. The Morgan fingerprint density at radius 3 is 2.11 bits per heavy atom. The van der Waals surface area contributed by atoms with Gasteiger partial charge in [-0.05, 0) is 22.8 Å².